The standard InChI is InChI=1S/C21H23ClN5O10P/c1-2-35-19(31)20(38(32,33)34)36-8-11-13(28)14(29)18(37-11)27-9-23-12-15(25-21(22)26-16(12)27)24-17(30)10-6-4-3-5-7-10/h3-7,9,11,13-14,18,20,28-29H,2,8H2,1H3,(H2,32,33,34)(H,24,25,26,30)/t11-,13-,14-,18-,20?/m1/s1. The quantitative estimate of drug-likeness (QED) is 0.134. The number of aliphatic hydroxyl groups excluding tert-OH is 2. The fourth-order valence-electron chi connectivity index (χ4n) is 3.73. The van der Waals surface area contributed by atoms with Crippen LogP contribution in [0, 0.1) is 0 Å². The Hall–Kier alpha value is -3.01. The minimum atomic E-state index is -5.07. The molecule has 0 radical (unpaired) electrons. The van der Waals surface area contributed by atoms with E-state index in [0.717, 1.165) is 0 Å². The van der Waals surface area contributed by atoms with Crippen molar-refractivity contribution in [2.75, 3.05) is 18.5 Å². The second-order valence-corrected chi connectivity index (χ2v) is 10.0. The van der Waals surface area contributed by atoms with E-state index >= 15 is 0 Å². The van der Waals surface area contributed by atoms with Crippen molar-refractivity contribution in [2.45, 2.75) is 37.3 Å². The van der Waals surface area contributed by atoms with E-state index in [1.165, 1.54) is 17.8 Å². The number of carbonyl (C=O) groups is 2. The summed E-state index contributed by atoms with van der Waals surface area (Å²) in [5.41, 5.74) is 0.505. The van der Waals surface area contributed by atoms with Crippen LogP contribution in [-0.4, -0.2) is 88.8 Å². The molecule has 0 spiro atoms. The molecule has 2 aromatic heterocycles. The van der Waals surface area contributed by atoms with E-state index in [2.05, 4.69) is 25.0 Å². The number of nitrogens with zero attached hydrogens (tertiary/aromatic N) is 4. The molecule has 204 valence electrons. The van der Waals surface area contributed by atoms with Crippen molar-refractivity contribution in [1.29, 1.82) is 0 Å². The van der Waals surface area contributed by atoms with Crippen molar-refractivity contribution >= 4 is 48.1 Å². The third kappa shape index (κ3) is 5.85. The summed E-state index contributed by atoms with van der Waals surface area (Å²) in [5, 5.41) is 23.5. The van der Waals surface area contributed by atoms with Crippen LogP contribution in [0.25, 0.3) is 11.2 Å². The van der Waals surface area contributed by atoms with Crippen molar-refractivity contribution in [3.05, 3.63) is 47.5 Å². The maximum atomic E-state index is 12.6. The lowest BCUT2D eigenvalue weighted by atomic mass is 10.1. The number of imidazole rings is 1. The first kappa shape index (κ1) is 28.0. The number of amides is 1. The number of aromatic nitrogens is 4. The highest BCUT2D eigenvalue weighted by molar-refractivity contribution is 7.53. The monoisotopic (exact) mass is 571 g/mol. The van der Waals surface area contributed by atoms with Crippen LogP contribution in [0.15, 0.2) is 36.7 Å². The van der Waals surface area contributed by atoms with E-state index in [0.29, 0.717) is 5.56 Å². The Kier molecular flexibility index (Phi) is 8.40. The van der Waals surface area contributed by atoms with Gasteiger partial charge in [0.05, 0.1) is 19.5 Å². The number of halogens is 1. The van der Waals surface area contributed by atoms with Gasteiger partial charge in [-0.15, -0.1) is 0 Å². The van der Waals surface area contributed by atoms with Gasteiger partial charge in [-0.3, -0.25) is 13.9 Å². The lowest BCUT2D eigenvalue weighted by Gasteiger charge is -2.20. The molecule has 17 heteroatoms. The summed E-state index contributed by atoms with van der Waals surface area (Å²) >= 11 is 6.06. The number of esters is 1. The molecular formula is C21H23ClN5O10P. The zero-order valence-electron chi connectivity index (χ0n) is 19.6. The van der Waals surface area contributed by atoms with Gasteiger partial charge in [-0.25, -0.2) is 9.78 Å². The van der Waals surface area contributed by atoms with Gasteiger partial charge >= 0.3 is 13.6 Å². The van der Waals surface area contributed by atoms with E-state index in [4.69, 9.17) is 21.1 Å². The van der Waals surface area contributed by atoms with Gasteiger partial charge in [-0.2, -0.15) is 9.97 Å². The van der Waals surface area contributed by atoms with E-state index in [-0.39, 0.29) is 28.9 Å². The van der Waals surface area contributed by atoms with Crippen LogP contribution in [0.3, 0.4) is 0 Å². The highest BCUT2D eigenvalue weighted by Crippen LogP contribution is 2.43. The van der Waals surface area contributed by atoms with Crippen molar-refractivity contribution in [2.24, 2.45) is 0 Å². The molecule has 38 heavy (non-hydrogen) atoms. The van der Waals surface area contributed by atoms with Crippen molar-refractivity contribution in [3.63, 3.8) is 0 Å². The Morgan fingerprint density at radius 3 is 2.58 bits per heavy atom. The Labute approximate surface area is 219 Å². The summed E-state index contributed by atoms with van der Waals surface area (Å²) in [6, 6.07) is 8.32. The Bertz CT molecular complexity index is 1370. The molecular weight excluding hydrogens is 549 g/mol. The summed E-state index contributed by atoms with van der Waals surface area (Å²) in [4.78, 5) is 55.7. The average Bonchev–Trinajstić information content (AvgIpc) is 3.40. The van der Waals surface area contributed by atoms with Gasteiger partial charge in [0, 0.05) is 5.56 Å². The van der Waals surface area contributed by atoms with Crippen molar-refractivity contribution in [1.82, 2.24) is 19.5 Å². The predicted molar refractivity (Wildman–Crippen MR) is 129 cm³/mol. The molecule has 0 bridgehead atoms. The number of ether oxygens (including phenoxy) is 3. The fourth-order valence-corrected chi connectivity index (χ4v) is 4.53. The van der Waals surface area contributed by atoms with E-state index in [9.17, 15) is 34.2 Å². The fraction of sp³-hybridized carbons (Fsp3) is 0.381. The highest BCUT2D eigenvalue weighted by Gasteiger charge is 2.46. The van der Waals surface area contributed by atoms with Crippen LogP contribution in [-0.2, 0) is 23.6 Å². The van der Waals surface area contributed by atoms with Crippen LogP contribution < -0.4 is 5.32 Å². The number of rotatable bonds is 9. The van der Waals surface area contributed by atoms with Gasteiger partial charge in [0.1, 0.15) is 18.3 Å². The summed E-state index contributed by atoms with van der Waals surface area (Å²) in [6.07, 6.45) is -4.57. The lowest BCUT2D eigenvalue weighted by molar-refractivity contribution is -0.155. The molecule has 3 aromatic rings. The summed E-state index contributed by atoms with van der Waals surface area (Å²) in [5.74, 6) is -4.03. The number of carbonyl (C=O) groups excluding carboxylic acids is 2. The lowest BCUT2D eigenvalue weighted by Crippen LogP contribution is -2.36. The molecule has 1 aliphatic rings. The van der Waals surface area contributed by atoms with E-state index in [1.54, 1.807) is 30.3 Å². The molecule has 1 aromatic carbocycles. The number of hydrogen-bond donors (Lipinski definition) is 5. The molecule has 5 N–H and O–H groups in total. The Balaban J connectivity index is 1.55. The molecule has 5 atom stereocenters. The van der Waals surface area contributed by atoms with E-state index < -0.39 is 56.5 Å². The molecule has 1 fully saturated rings. The number of nitrogens with one attached hydrogen (secondary N) is 1. The smallest absolute Gasteiger partial charge is 0.365 e. The van der Waals surface area contributed by atoms with Gasteiger partial charge in [0.15, 0.2) is 23.2 Å². The Morgan fingerprint density at radius 1 is 1.21 bits per heavy atom. The number of aliphatic hydroxyl groups is 2. The number of fused-ring (bicyclic) bond motifs is 1. The first-order valence-corrected chi connectivity index (χ1v) is 13.2. The van der Waals surface area contributed by atoms with Crippen LogP contribution >= 0.6 is 19.2 Å². The first-order valence-electron chi connectivity index (χ1n) is 11.1. The normalized spacial score (nSPS) is 22.4. The molecule has 0 saturated carbocycles. The summed E-state index contributed by atoms with van der Waals surface area (Å²) in [6.45, 7) is 0.626. The number of benzene rings is 1. The largest absolute Gasteiger partial charge is 0.464 e. The molecule has 1 unspecified atom stereocenters. The van der Waals surface area contributed by atoms with Crippen molar-refractivity contribution < 1.29 is 48.4 Å². The average molecular weight is 572 g/mol. The summed E-state index contributed by atoms with van der Waals surface area (Å²) < 4.78 is 28.3. The number of hydrogen-bond acceptors (Lipinski definition) is 11. The third-order valence-corrected chi connectivity index (χ3v) is 6.63. The van der Waals surface area contributed by atoms with Gasteiger partial charge in [-0.1, -0.05) is 18.2 Å². The van der Waals surface area contributed by atoms with E-state index in [1.807, 2.05) is 0 Å². The van der Waals surface area contributed by atoms with Gasteiger partial charge in [-0.05, 0) is 30.7 Å². The second-order valence-electron chi connectivity index (χ2n) is 8.06. The topological polar surface area (TPSA) is 215 Å². The molecule has 0 aliphatic carbocycles. The van der Waals surface area contributed by atoms with Crippen LogP contribution in [0.1, 0.15) is 23.5 Å². The van der Waals surface area contributed by atoms with Gasteiger partial charge in [0.25, 0.3) is 11.8 Å². The zero-order valence-corrected chi connectivity index (χ0v) is 21.3. The zero-order chi connectivity index (χ0) is 27.6. The molecule has 15 nitrogen and oxygen atoms in total. The molecule has 1 saturated heterocycles. The molecule has 4 rings (SSSR count). The van der Waals surface area contributed by atoms with Crippen LogP contribution in [0.5, 0.6) is 0 Å². The Morgan fingerprint density at radius 2 is 1.92 bits per heavy atom. The summed E-state index contributed by atoms with van der Waals surface area (Å²) in [7, 11) is -5.07. The number of anilines is 1. The molecule has 1 aliphatic heterocycles. The maximum Gasteiger partial charge on any atom is 0.365 e. The second kappa shape index (κ2) is 11.4. The molecule has 3 heterocycles. The van der Waals surface area contributed by atoms with Crippen LogP contribution in [0.2, 0.25) is 5.28 Å². The van der Waals surface area contributed by atoms with Gasteiger partial charge in [0.2, 0.25) is 5.28 Å². The minimum Gasteiger partial charge on any atom is -0.464 e. The van der Waals surface area contributed by atoms with Crippen LogP contribution in [0.4, 0.5) is 5.82 Å². The third-order valence-electron chi connectivity index (χ3n) is 5.49. The first-order chi connectivity index (χ1) is 18.0. The minimum absolute atomic E-state index is 0.0144. The maximum absolute atomic E-state index is 12.6. The molecule has 1 amide bonds. The SMILES string of the molecule is CCOC(=O)C(OC[C@H]1O[C@@H](n2cnc3c(NC(=O)c4ccccc4)nc(Cl)nc32)[C@H](O)[C@@H]1O)P(=O)(O)O. The van der Waals surface area contributed by atoms with Crippen molar-refractivity contribution in [3.8, 4) is 0 Å². The highest BCUT2D eigenvalue weighted by atomic mass is 35.5. The van der Waals surface area contributed by atoms with Gasteiger partial charge < -0.3 is 39.5 Å². The predicted octanol–water partition coefficient (Wildman–Crippen LogP) is 0.435.